The summed E-state index contributed by atoms with van der Waals surface area (Å²) in [4.78, 5) is 42.0. The van der Waals surface area contributed by atoms with Crippen LogP contribution in [0.2, 0.25) is 0 Å². The van der Waals surface area contributed by atoms with Crippen LogP contribution in [0.4, 0.5) is 0 Å². The van der Waals surface area contributed by atoms with Crippen molar-refractivity contribution in [1.29, 1.82) is 0 Å². The Morgan fingerprint density at radius 3 is 2.69 bits per heavy atom. The van der Waals surface area contributed by atoms with Gasteiger partial charge in [0.1, 0.15) is 0 Å². The predicted octanol–water partition coefficient (Wildman–Crippen LogP) is 2.42. The molecule has 0 aliphatic carbocycles. The minimum Gasteiger partial charge on any atom is -0.339 e. The molecule has 0 unspecified atom stereocenters. The normalized spacial score (nSPS) is 16.8. The first-order valence-corrected chi connectivity index (χ1v) is 9.73. The van der Waals surface area contributed by atoms with Gasteiger partial charge in [0.2, 0.25) is 11.8 Å². The summed E-state index contributed by atoms with van der Waals surface area (Å²) in [5, 5.41) is 0. The number of amides is 2. The van der Waals surface area contributed by atoms with Gasteiger partial charge in [-0.1, -0.05) is 18.2 Å². The summed E-state index contributed by atoms with van der Waals surface area (Å²) in [7, 11) is 1.78. The van der Waals surface area contributed by atoms with Crippen molar-refractivity contribution in [1.82, 2.24) is 24.8 Å². The van der Waals surface area contributed by atoms with E-state index in [0.29, 0.717) is 32.5 Å². The number of likely N-dealkylation sites (tertiary alicyclic amines) is 1. The lowest BCUT2D eigenvalue weighted by atomic mass is 9.96. The molecule has 1 aliphatic rings. The number of fused-ring (bicyclic) bond motifs is 1. The first-order chi connectivity index (χ1) is 14.1. The van der Waals surface area contributed by atoms with Gasteiger partial charge in [-0.2, -0.15) is 0 Å². The topological polar surface area (TPSA) is 79.3 Å². The van der Waals surface area contributed by atoms with Crippen LogP contribution < -0.4 is 0 Å². The fraction of sp³-hybridized carbons (Fsp3) is 0.318. The van der Waals surface area contributed by atoms with Crippen LogP contribution in [0.25, 0.3) is 11.0 Å². The van der Waals surface area contributed by atoms with Crippen molar-refractivity contribution in [2.75, 3.05) is 13.6 Å². The van der Waals surface area contributed by atoms with Crippen LogP contribution in [-0.4, -0.2) is 50.2 Å². The summed E-state index contributed by atoms with van der Waals surface area (Å²) in [6.07, 6.45) is 4.38. The van der Waals surface area contributed by atoms with Crippen LogP contribution in [0.1, 0.15) is 24.2 Å². The van der Waals surface area contributed by atoms with E-state index >= 15 is 0 Å². The van der Waals surface area contributed by atoms with Gasteiger partial charge in [0, 0.05) is 26.2 Å². The second-order valence-electron chi connectivity index (χ2n) is 7.38. The third kappa shape index (κ3) is 4.39. The average Bonchev–Trinajstić information content (AvgIpc) is 2.75. The van der Waals surface area contributed by atoms with Crippen LogP contribution in [0, 0.1) is 5.92 Å². The lowest BCUT2D eigenvalue weighted by Crippen LogP contribution is -2.45. The smallest absolute Gasteiger partial charge is 0.227 e. The molecule has 0 radical (unpaired) electrons. The molecule has 1 saturated heterocycles. The molecule has 0 bridgehead atoms. The summed E-state index contributed by atoms with van der Waals surface area (Å²) in [6, 6.07) is 13.3. The van der Waals surface area contributed by atoms with Gasteiger partial charge in [-0.3, -0.25) is 19.6 Å². The Morgan fingerprint density at radius 2 is 1.90 bits per heavy atom. The standard InChI is InChI=1S/C22H23N5O2/c1-26(14-18-12-24-19-7-2-3-8-20(19)25-18)22(29)16-9-10-21(28)27(13-16)15-17-6-4-5-11-23-17/h2-8,11-12,16H,9-10,13-15H2,1H3/t16-/m0/s1. The number of hydrogen-bond acceptors (Lipinski definition) is 5. The van der Waals surface area contributed by atoms with Gasteiger partial charge in [0.05, 0.1) is 47.6 Å². The summed E-state index contributed by atoms with van der Waals surface area (Å²) >= 11 is 0. The van der Waals surface area contributed by atoms with Gasteiger partial charge in [-0.25, -0.2) is 4.98 Å². The second-order valence-corrected chi connectivity index (χ2v) is 7.38. The Labute approximate surface area is 169 Å². The monoisotopic (exact) mass is 389 g/mol. The van der Waals surface area contributed by atoms with Crippen LogP contribution in [-0.2, 0) is 22.7 Å². The number of para-hydroxylation sites is 2. The molecule has 3 heterocycles. The van der Waals surface area contributed by atoms with Gasteiger partial charge in [-0.15, -0.1) is 0 Å². The fourth-order valence-electron chi connectivity index (χ4n) is 3.66. The summed E-state index contributed by atoms with van der Waals surface area (Å²) in [6.45, 7) is 1.24. The van der Waals surface area contributed by atoms with E-state index in [1.807, 2.05) is 42.5 Å². The Bertz CT molecular complexity index is 1020. The van der Waals surface area contributed by atoms with E-state index in [9.17, 15) is 9.59 Å². The van der Waals surface area contributed by atoms with E-state index in [2.05, 4.69) is 15.0 Å². The van der Waals surface area contributed by atoms with Crippen molar-refractivity contribution in [2.45, 2.75) is 25.9 Å². The highest BCUT2D eigenvalue weighted by atomic mass is 16.2. The molecule has 1 aliphatic heterocycles. The van der Waals surface area contributed by atoms with Crippen molar-refractivity contribution in [3.05, 3.63) is 66.2 Å². The van der Waals surface area contributed by atoms with Gasteiger partial charge in [-0.05, 0) is 30.7 Å². The molecule has 2 aromatic heterocycles. The molecule has 1 aromatic carbocycles. The van der Waals surface area contributed by atoms with Gasteiger partial charge >= 0.3 is 0 Å². The maximum atomic E-state index is 13.0. The zero-order valence-corrected chi connectivity index (χ0v) is 16.4. The first kappa shape index (κ1) is 19.0. The highest BCUT2D eigenvalue weighted by Gasteiger charge is 2.32. The summed E-state index contributed by atoms with van der Waals surface area (Å²) in [5.41, 5.74) is 3.22. The van der Waals surface area contributed by atoms with E-state index in [4.69, 9.17) is 0 Å². The van der Waals surface area contributed by atoms with E-state index in [1.165, 1.54) is 0 Å². The van der Waals surface area contributed by atoms with Crippen molar-refractivity contribution < 1.29 is 9.59 Å². The third-order valence-electron chi connectivity index (χ3n) is 5.20. The number of benzene rings is 1. The zero-order chi connectivity index (χ0) is 20.2. The molecular weight excluding hydrogens is 366 g/mol. The minimum absolute atomic E-state index is 0.0264. The molecule has 1 atom stereocenters. The average molecular weight is 389 g/mol. The van der Waals surface area contributed by atoms with Gasteiger partial charge in [0.15, 0.2) is 0 Å². The van der Waals surface area contributed by atoms with Gasteiger partial charge in [0.25, 0.3) is 0 Å². The highest BCUT2D eigenvalue weighted by Crippen LogP contribution is 2.22. The number of aromatic nitrogens is 3. The molecule has 3 aromatic rings. The summed E-state index contributed by atoms with van der Waals surface area (Å²) < 4.78 is 0. The van der Waals surface area contributed by atoms with Gasteiger partial charge < -0.3 is 9.80 Å². The molecule has 0 spiro atoms. The third-order valence-corrected chi connectivity index (χ3v) is 5.20. The molecule has 1 fully saturated rings. The lowest BCUT2D eigenvalue weighted by Gasteiger charge is -2.33. The molecular formula is C22H23N5O2. The summed E-state index contributed by atoms with van der Waals surface area (Å²) in [5.74, 6) is -0.115. The van der Waals surface area contributed by atoms with Crippen LogP contribution in [0.5, 0.6) is 0 Å². The Kier molecular flexibility index (Phi) is 5.46. The number of piperidine rings is 1. The molecule has 7 heteroatoms. The molecule has 0 saturated carbocycles. The number of carbonyl (C=O) groups is 2. The molecule has 0 N–H and O–H groups in total. The number of rotatable bonds is 5. The minimum atomic E-state index is -0.213. The Hall–Kier alpha value is -3.35. The van der Waals surface area contributed by atoms with Crippen molar-refractivity contribution in [3.8, 4) is 0 Å². The van der Waals surface area contributed by atoms with E-state index in [0.717, 1.165) is 22.4 Å². The number of nitrogens with zero attached hydrogens (tertiary/aromatic N) is 5. The maximum Gasteiger partial charge on any atom is 0.227 e. The van der Waals surface area contributed by atoms with E-state index in [1.54, 1.807) is 29.2 Å². The van der Waals surface area contributed by atoms with Crippen molar-refractivity contribution in [2.24, 2.45) is 5.92 Å². The van der Waals surface area contributed by atoms with Crippen LogP contribution in [0.3, 0.4) is 0 Å². The van der Waals surface area contributed by atoms with Crippen LogP contribution in [0.15, 0.2) is 54.9 Å². The SMILES string of the molecule is CN(Cc1cnc2ccccc2n1)C(=O)[C@H]1CCC(=O)N(Cc2ccccn2)C1. The largest absolute Gasteiger partial charge is 0.339 e. The lowest BCUT2D eigenvalue weighted by molar-refractivity contribution is -0.143. The van der Waals surface area contributed by atoms with E-state index < -0.39 is 0 Å². The zero-order valence-electron chi connectivity index (χ0n) is 16.4. The fourth-order valence-corrected chi connectivity index (χ4v) is 3.66. The molecule has 148 valence electrons. The molecule has 7 nitrogen and oxygen atoms in total. The Morgan fingerprint density at radius 1 is 1.10 bits per heavy atom. The second kappa shape index (κ2) is 8.34. The highest BCUT2D eigenvalue weighted by molar-refractivity contribution is 5.83. The maximum absolute atomic E-state index is 13.0. The number of hydrogen-bond donors (Lipinski definition) is 0. The van der Waals surface area contributed by atoms with Crippen LogP contribution >= 0.6 is 0 Å². The van der Waals surface area contributed by atoms with Crippen molar-refractivity contribution >= 4 is 22.8 Å². The molecule has 2 amide bonds. The number of carbonyl (C=O) groups excluding carboxylic acids is 2. The quantitative estimate of drug-likeness (QED) is 0.670. The predicted molar refractivity (Wildman–Crippen MR) is 108 cm³/mol. The molecule has 4 rings (SSSR count). The number of pyridine rings is 1. The first-order valence-electron chi connectivity index (χ1n) is 9.73. The van der Waals surface area contributed by atoms with Crippen molar-refractivity contribution in [3.63, 3.8) is 0 Å². The Balaban J connectivity index is 1.41. The molecule has 29 heavy (non-hydrogen) atoms. The van der Waals surface area contributed by atoms with E-state index in [-0.39, 0.29) is 17.7 Å².